The van der Waals surface area contributed by atoms with Crippen LogP contribution >= 0.6 is 0 Å². The van der Waals surface area contributed by atoms with E-state index in [-0.39, 0.29) is 62.3 Å². The number of hydrogen-bond donors (Lipinski definition) is 3. The Kier molecular flexibility index (Phi) is 10.9. The van der Waals surface area contributed by atoms with Crippen molar-refractivity contribution >= 4 is 17.8 Å². The summed E-state index contributed by atoms with van der Waals surface area (Å²) in [5.41, 5.74) is 1.03. The zero-order valence-electron chi connectivity index (χ0n) is 25.9. The molecule has 1 aromatic heterocycles. The van der Waals surface area contributed by atoms with Gasteiger partial charge in [-0.3, -0.25) is 9.59 Å². The SMILES string of the molecule is COC(=O)CN(Cc1ccccc1)c1cnc(C(NC[C@H]2O[C@@H](CC(=O)NCCO)[C@@H]3OC(C)(C)O[C@@H]32)C2CCCCC2)o1. The summed E-state index contributed by atoms with van der Waals surface area (Å²) in [4.78, 5) is 31.3. The Morgan fingerprint density at radius 3 is 2.55 bits per heavy atom. The molecule has 3 aliphatic rings. The number of aliphatic hydroxyl groups excluding tert-OH is 1. The van der Waals surface area contributed by atoms with E-state index in [4.69, 9.17) is 33.5 Å². The summed E-state index contributed by atoms with van der Waals surface area (Å²) in [5.74, 6) is 0.0109. The van der Waals surface area contributed by atoms with E-state index in [1.165, 1.54) is 13.5 Å². The zero-order chi connectivity index (χ0) is 31.1. The number of nitrogens with zero attached hydrogens (tertiary/aromatic N) is 2. The Morgan fingerprint density at radius 2 is 1.84 bits per heavy atom. The highest BCUT2D eigenvalue weighted by Crippen LogP contribution is 2.41. The maximum absolute atomic E-state index is 12.5. The third-order valence-electron chi connectivity index (χ3n) is 8.58. The lowest BCUT2D eigenvalue weighted by Crippen LogP contribution is -2.41. The third-order valence-corrected chi connectivity index (χ3v) is 8.58. The van der Waals surface area contributed by atoms with Crippen LogP contribution in [0.2, 0.25) is 0 Å². The fraction of sp³-hybridized carbons (Fsp3) is 0.656. The van der Waals surface area contributed by atoms with Crippen LogP contribution in [-0.4, -0.2) is 85.5 Å². The zero-order valence-corrected chi connectivity index (χ0v) is 25.9. The molecule has 0 bridgehead atoms. The van der Waals surface area contributed by atoms with Crippen molar-refractivity contribution in [3.05, 3.63) is 48.0 Å². The van der Waals surface area contributed by atoms with Crippen LogP contribution in [0.5, 0.6) is 0 Å². The first-order chi connectivity index (χ1) is 21.3. The van der Waals surface area contributed by atoms with Crippen molar-refractivity contribution < 1.29 is 38.1 Å². The molecule has 12 heteroatoms. The Hall–Kier alpha value is -3.03. The number of aliphatic hydroxyl groups is 1. The maximum Gasteiger partial charge on any atom is 0.325 e. The number of carbonyl (C=O) groups is 2. The minimum Gasteiger partial charge on any atom is -0.468 e. The molecule has 3 heterocycles. The Balaban J connectivity index is 1.32. The average Bonchev–Trinajstić information content (AvgIpc) is 3.71. The number of benzene rings is 1. The van der Waals surface area contributed by atoms with E-state index in [0.717, 1.165) is 31.2 Å². The minimum atomic E-state index is -0.792. The molecule has 0 spiro atoms. The quantitative estimate of drug-likeness (QED) is 0.270. The number of ether oxygens (including phenoxy) is 4. The summed E-state index contributed by atoms with van der Waals surface area (Å²) >= 11 is 0. The van der Waals surface area contributed by atoms with Gasteiger partial charge in [0.05, 0.1) is 44.6 Å². The van der Waals surface area contributed by atoms with Gasteiger partial charge in [0.15, 0.2) is 5.79 Å². The molecule has 2 saturated heterocycles. The first-order valence-corrected chi connectivity index (χ1v) is 15.7. The summed E-state index contributed by atoms with van der Waals surface area (Å²) in [6.07, 6.45) is 5.81. The molecular weight excluding hydrogens is 568 g/mol. The molecule has 5 atom stereocenters. The van der Waals surface area contributed by atoms with Crippen LogP contribution in [-0.2, 0) is 35.1 Å². The van der Waals surface area contributed by atoms with E-state index in [1.54, 1.807) is 6.20 Å². The number of anilines is 1. The average molecular weight is 615 g/mol. The Labute approximate surface area is 258 Å². The van der Waals surface area contributed by atoms with E-state index in [1.807, 2.05) is 49.1 Å². The second-order valence-corrected chi connectivity index (χ2v) is 12.3. The van der Waals surface area contributed by atoms with E-state index in [0.29, 0.717) is 30.8 Å². The van der Waals surface area contributed by atoms with Gasteiger partial charge in [0.25, 0.3) is 0 Å². The van der Waals surface area contributed by atoms with Gasteiger partial charge in [0.1, 0.15) is 18.8 Å². The van der Waals surface area contributed by atoms with Crippen molar-refractivity contribution in [2.45, 2.75) is 95.2 Å². The smallest absolute Gasteiger partial charge is 0.325 e. The first-order valence-electron chi connectivity index (χ1n) is 15.7. The molecule has 2 aromatic rings. The Bertz CT molecular complexity index is 1220. The van der Waals surface area contributed by atoms with Crippen molar-refractivity contribution in [3.63, 3.8) is 0 Å². The normalized spacial score (nSPS) is 25.4. The second kappa shape index (κ2) is 14.8. The van der Waals surface area contributed by atoms with Gasteiger partial charge in [-0.1, -0.05) is 49.6 Å². The number of fused-ring (bicyclic) bond motifs is 1. The molecule has 3 fully saturated rings. The number of hydrogen-bond acceptors (Lipinski definition) is 11. The maximum atomic E-state index is 12.5. The summed E-state index contributed by atoms with van der Waals surface area (Å²) in [6, 6.07) is 9.70. The van der Waals surface area contributed by atoms with Crippen molar-refractivity contribution in [2.75, 3.05) is 38.3 Å². The predicted molar refractivity (Wildman–Crippen MR) is 161 cm³/mol. The van der Waals surface area contributed by atoms with E-state index >= 15 is 0 Å². The highest BCUT2D eigenvalue weighted by atomic mass is 16.8. The number of esters is 1. The minimum absolute atomic E-state index is 0.0287. The number of rotatable bonds is 14. The summed E-state index contributed by atoms with van der Waals surface area (Å²) in [5, 5.41) is 15.5. The second-order valence-electron chi connectivity index (χ2n) is 12.3. The number of oxazole rings is 1. The van der Waals surface area contributed by atoms with Crippen molar-refractivity contribution in [1.82, 2.24) is 15.6 Å². The van der Waals surface area contributed by atoms with E-state index in [9.17, 15) is 9.59 Å². The number of amides is 1. The fourth-order valence-corrected chi connectivity index (χ4v) is 6.52. The van der Waals surface area contributed by atoms with Gasteiger partial charge in [-0.25, -0.2) is 4.98 Å². The summed E-state index contributed by atoms with van der Waals surface area (Å²) in [7, 11) is 1.37. The molecule has 3 N–H and O–H groups in total. The molecule has 1 amide bonds. The van der Waals surface area contributed by atoms with Crippen LogP contribution in [0.1, 0.15) is 69.9 Å². The highest BCUT2D eigenvalue weighted by Gasteiger charge is 2.55. The largest absolute Gasteiger partial charge is 0.468 e. The highest BCUT2D eigenvalue weighted by molar-refractivity contribution is 5.76. The molecule has 1 unspecified atom stereocenters. The van der Waals surface area contributed by atoms with Crippen LogP contribution < -0.4 is 15.5 Å². The van der Waals surface area contributed by atoms with Gasteiger partial charge < -0.3 is 44.0 Å². The predicted octanol–water partition coefficient (Wildman–Crippen LogP) is 2.85. The number of carbonyl (C=O) groups excluding carboxylic acids is 2. The van der Waals surface area contributed by atoms with Crippen LogP contribution in [0.15, 0.2) is 40.9 Å². The van der Waals surface area contributed by atoms with Gasteiger partial charge >= 0.3 is 5.97 Å². The lowest BCUT2D eigenvalue weighted by atomic mass is 9.83. The molecule has 5 rings (SSSR count). The lowest BCUT2D eigenvalue weighted by Gasteiger charge is -2.31. The molecule has 1 aromatic carbocycles. The third kappa shape index (κ3) is 8.16. The van der Waals surface area contributed by atoms with Gasteiger partial charge in [-0.2, -0.15) is 0 Å². The molecule has 44 heavy (non-hydrogen) atoms. The topological polar surface area (TPSA) is 145 Å². The number of nitrogens with one attached hydrogen (secondary N) is 2. The van der Waals surface area contributed by atoms with Crippen molar-refractivity contribution in [1.29, 1.82) is 0 Å². The van der Waals surface area contributed by atoms with Crippen LogP contribution in [0, 0.1) is 5.92 Å². The van der Waals surface area contributed by atoms with E-state index < -0.39 is 11.9 Å². The Morgan fingerprint density at radius 1 is 1.11 bits per heavy atom. The van der Waals surface area contributed by atoms with Crippen LogP contribution in [0.3, 0.4) is 0 Å². The van der Waals surface area contributed by atoms with Crippen LogP contribution in [0.25, 0.3) is 0 Å². The molecular formula is C32H46N4O8. The number of methoxy groups -OCH3 is 1. The van der Waals surface area contributed by atoms with Gasteiger partial charge in [0.2, 0.25) is 17.7 Å². The van der Waals surface area contributed by atoms with Crippen molar-refractivity contribution in [2.24, 2.45) is 5.92 Å². The summed E-state index contributed by atoms with van der Waals surface area (Å²) < 4.78 is 30.1. The monoisotopic (exact) mass is 614 g/mol. The standard InChI is InChI=1S/C32H46N4O8/c1-32(2)43-29-23(16-25(38)33-14-15-37)41-24(30(29)44-32)17-34-28(22-12-8-5-9-13-22)31-35-18-26(42-31)36(20-27(39)40-3)19-21-10-6-4-7-11-21/h4,6-7,10-11,18,22-24,28-30,34,37H,5,8-9,12-17,19-20H2,1-3H3,(H,33,38)/t23-,24+,28?,29-,30+/m0/s1. The molecule has 0 radical (unpaired) electrons. The van der Waals surface area contributed by atoms with Gasteiger partial charge in [-0.05, 0) is 38.2 Å². The molecule has 1 aliphatic carbocycles. The van der Waals surface area contributed by atoms with E-state index in [2.05, 4.69) is 10.6 Å². The van der Waals surface area contributed by atoms with Gasteiger partial charge in [0, 0.05) is 19.6 Å². The molecule has 12 nitrogen and oxygen atoms in total. The van der Waals surface area contributed by atoms with Crippen molar-refractivity contribution in [3.8, 4) is 0 Å². The molecule has 242 valence electrons. The first kappa shape index (κ1) is 32.4. The fourth-order valence-electron chi connectivity index (χ4n) is 6.52. The van der Waals surface area contributed by atoms with Gasteiger partial charge in [-0.15, -0.1) is 0 Å². The summed E-state index contributed by atoms with van der Waals surface area (Å²) in [6.45, 7) is 4.74. The molecule has 2 aliphatic heterocycles. The lowest BCUT2D eigenvalue weighted by molar-refractivity contribution is -0.187. The molecule has 1 saturated carbocycles. The van der Waals surface area contributed by atoms with Crippen LogP contribution in [0.4, 0.5) is 5.88 Å². The number of aromatic nitrogens is 1.